The summed E-state index contributed by atoms with van der Waals surface area (Å²) in [7, 11) is 0. The van der Waals surface area contributed by atoms with Crippen LogP contribution < -0.4 is 16.0 Å². The molecule has 3 aromatic carbocycles. The van der Waals surface area contributed by atoms with Gasteiger partial charge in [-0.3, -0.25) is 24.2 Å². The van der Waals surface area contributed by atoms with Crippen molar-refractivity contribution in [1.29, 1.82) is 0 Å². The summed E-state index contributed by atoms with van der Waals surface area (Å²) in [5, 5.41) is 20.8. The Labute approximate surface area is 356 Å². The van der Waals surface area contributed by atoms with Gasteiger partial charge in [0.25, 0.3) is 17.7 Å². The van der Waals surface area contributed by atoms with Crippen LogP contribution in [0.5, 0.6) is 0 Å². The van der Waals surface area contributed by atoms with Crippen LogP contribution in [0.3, 0.4) is 0 Å². The number of carbonyl (C=O) groups is 5. The lowest BCUT2D eigenvalue weighted by molar-refractivity contribution is -0.150. The zero-order valence-electron chi connectivity index (χ0n) is 31.8. The third kappa shape index (κ3) is 7.35. The van der Waals surface area contributed by atoms with Crippen molar-refractivity contribution in [3.8, 4) is 0 Å². The SMILES string of the molecule is CCOC(=O)c1ccsc1N1CCC(=CC2=C(C(=O)O)N3C(=O)[C@@H](NC(=O)C(=NOC(c4ccccc4)(c4ccccc4)c4ccccc4)c4csc(N)n4)[C@H]3SC2)C1=O. The van der Waals surface area contributed by atoms with Gasteiger partial charge in [-0.2, -0.15) is 0 Å². The Morgan fingerprint density at radius 2 is 1.60 bits per heavy atom. The summed E-state index contributed by atoms with van der Waals surface area (Å²) in [5.74, 6) is -3.58. The maximum Gasteiger partial charge on any atom is 0.352 e. The normalized spacial score (nSPS) is 18.6. The highest BCUT2D eigenvalue weighted by molar-refractivity contribution is 8.00. The molecule has 2 atom stereocenters. The second kappa shape index (κ2) is 17.0. The maximum absolute atomic E-state index is 14.3. The van der Waals surface area contributed by atoms with Crippen LogP contribution in [0.4, 0.5) is 10.1 Å². The van der Waals surface area contributed by atoms with Crippen molar-refractivity contribution in [2.75, 3.05) is 29.5 Å². The number of thiophene rings is 1. The van der Waals surface area contributed by atoms with E-state index in [2.05, 4.69) is 15.5 Å². The molecule has 2 aromatic heterocycles. The number of anilines is 2. The van der Waals surface area contributed by atoms with E-state index in [0.29, 0.717) is 17.0 Å². The Hall–Kier alpha value is -6.56. The van der Waals surface area contributed by atoms with Gasteiger partial charge >= 0.3 is 11.9 Å². The van der Waals surface area contributed by atoms with E-state index in [9.17, 15) is 29.1 Å². The van der Waals surface area contributed by atoms with Crippen LogP contribution in [0.2, 0.25) is 0 Å². The van der Waals surface area contributed by atoms with Crippen LogP contribution in [0.25, 0.3) is 0 Å². The lowest BCUT2D eigenvalue weighted by atomic mass is 9.80. The number of nitrogens with two attached hydrogens (primary N) is 1. The minimum absolute atomic E-state index is 0.116. The van der Waals surface area contributed by atoms with Gasteiger partial charge in [0.2, 0.25) is 5.60 Å². The van der Waals surface area contributed by atoms with Gasteiger partial charge < -0.3 is 25.7 Å². The molecule has 2 saturated heterocycles. The third-order valence-corrected chi connectivity index (χ3v) is 13.1. The standard InChI is InChI=1S/C43H36N6O8S3/c1-2-56-41(55)30-19-21-58-38(30)48-20-18-25(36(48)51)22-26-23-59-39-33(37(52)49(39)34(26)40(53)54)46-35(50)32(31-24-60-42(44)45-31)47-57-43(27-12-6-3-7-13-27,28-14-8-4-9-15-28)29-16-10-5-11-17-29/h3-17,19,21-22,24,33,39H,2,18,20,23H2,1H3,(H2,44,45)(H,46,50)(H,53,54)/t33-,39-/m1/s1. The smallest absolute Gasteiger partial charge is 0.352 e. The molecule has 17 heteroatoms. The predicted octanol–water partition coefficient (Wildman–Crippen LogP) is 5.78. The lowest BCUT2D eigenvalue weighted by Crippen LogP contribution is -2.71. The molecule has 3 aliphatic heterocycles. The fraction of sp³-hybridized carbons (Fsp3) is 0.186. The molecular weight excluding hydrogens is 825 g/mol. The topological polar surface area (TPSA) is 194 Å². The number of aromatic nitrogens is 1. The molecule has 0 spiro atoms. The molecule has 8 rings (SSSR count). The fourth-order valence-corrected chi connectivity index (χ4v) is 10.1. The zero-order valence-corrected chi connectivity index (χ0v) is 34.3. The molecular formula is C43H36N6O8S3. The largest absolute Gasteiger partial charge is 0.477 e. The first-order chi connectivity index (χ1) is 29.1. The molecule has 4 N–H and O–H groups in total. The van der Waals surface area contributed by atoms with E-state index in [0.717, 1.165) is 32.9 Å². The molecule has 304 valence electrons. The summed E-state index contributed by atoms with van der Waals surface area (Å²) >= 11 is 3.57. The van der Waals surface area contributed by atoms with Gasteiger partial charge in [-0.05, 0) is 36.4 Å². The van der Waals surface area contributed by atoms with Crippen LogP contribution in [-0.2, 0) is 34.4 Å². The average Bonchev–Trinajstić information content (AvgIpc) is 4.02. The number of thiazole rings is 1. The van der Waals surface area contributed by atoms with E-state index in [1.165, 1.54) is 34.1 Å². The summed E-state index contributed by atoms with van der Waals surface area (Å²) in [4.78, 5) is 80.6. The van der Waals surface area contributed by atoms with Crippen LogP contribution in [0.1, 0.15) is 46.1 Å². The number of aliphatic carboxylic acids is 1. The number of thioether (sulfide) groups is 1. The summed E-state index contributed by atoms with van der Waals surface area (Å²) in [6, 6.07) is 28.8. The Balaban J connectivity index is 1.08. The minimum atomic E-state index is -1.36. The number of carboxylic acid groups (broad SMARTS) is 1. The molecule has 0 saturated carbocycles. The van der Waals surface area contributed by atoms with Gasteiger partial charge in [-0.1, -0.05) is 96.2 Å². The Morgan fingerprint density at radius 1 is 0.967 bits per heavy atom. The van der Waals surface area contributed by atoms with Gasteiger partial charge in [-0.15, -0.1) is 34.4 Å². The number of carbonyl (C=O) groups excluding carboxylic acids is 4. The van der Waals surface area contributed by atoms with Crippen molar-refractivity contribution in [3.63, 3.8) is 0 Å². The summed E-state index contributed by atoms with van der Waals surface area (Å²) in [5.41, 5.74) is 7.34. The fourth-order valence-electron chi connectivity index (χ4n) is 7.38. The van der Waals surface area contributed by atoms with Crippen LogP contribution in [-0.4, -0.2) is 80.7 Å². The molecule has 5 heterocycles. The number of nitrogen functional groups attached to an aromatic ring is 1. The highest BCUT2D eigenvalue weighted by atomic mass is 32.2. The molecule has 5 aromatic rings. The summed E-state index contributed by atoms with van der Waals surface area (Å²) in [6.07, 6.45) is 1.81. The number of ether oxygens (including phenoxy) is 1. The second-order valence-electron chi connectivity index (χ2n) is 13.7. The molecule has 2 fully saturated rings. The third-order valence-electron chi connectivity index (χ3n) is 10.1. The van der Waals surface area contributed by atoms with E-state index in [1.807, 2.05) is 91.0 Å². The number of nitrogens with one attached hydrogen (secondary N) is 1. The number of amides is 3. The molecule has 14 nitrogen and oxygen atoms in total. The molecule has 60 heavy (non-hydrogen) atoms. The van der Waals surface area contributed by atoms with Crippen molar-refractivity contribution >= 4 is 79.9 Å². The van der Waals surface area contributed by atoms with Gasteiger partial charge in [-0.25, -0.2) is 14.6 Å². The van der Waals surface area contributed by atoms with Gasteiger partial charge in [0.1, 0.15) is 27.8 Å². The average molecular weight is 861 g/mol. The predicted molar refractivity (Wildman–Crippen MR) is 228 cm³/mol. The number of carboxylic acids is 1. The summed E-state index contributed by atoms with van der Waals surface area (Å²) in [6.45, 7) is 2.16. The van der Waals surface area contributed by atoms with Gasteiger partial charge in [0.15, 0.2) is 10.8 Å². The van der Waals surface area contributed by atoms with E-state index in [4.69, 9.17) is 15.3 Å². The van der Waals surface area contributed by atoms with Crippen LogP contribution in [0, 0.1) is 0 Å². The lowest BCUT2D eigenvalue weighted by Gasteiger charge is -2.49. The number of nitrogens with zero attached hydrogens (tertiary/aromatic N) is 4. The molecule has 0 unspecified atom stereocenters. The van der Waals surface area contributed by atoms with Gasteiger partial charge in [0.05, 0.1) is 12.2 Å². The highest BCUT2D eigenvalue weighted by Crippen LogP contribution is 2.43. The number of oxime groups is 1. The Morgan fingerprint density at radius 3 is 2.17 bits per heavy atom. The van der Waals surface area contributed by atoms with E-state index >= 15 is 0 Å². The molecule has 3 amide bonds. The molecule has 3 aliphatic rings. The maximum atomic E-state index is 14.3. The quantitative estimate of drug-likeness (QED) is 0.0325. The minimum Gasteiger partial charge on any atom is -0.477 e. The Bertz CT molecular complexity index is 2480. The Kier molecular flexibility index (Phi) is 11.4. The number of allylic oxidation sites excluding steroid dienone is 1. The monoisotopic (exact) mass is 860 g/mol. The summed E-state index contributed by atoms with van der Waals surface area (Å²) < 4.78 is 5.15. The first-order valence-corrected chi connectivity index (χ1v) is 21.6. The number of benzene rings is 3. The number of fused-ring (bicyclic) bond motifs is 1. The van der Waals surface area contributed by atoms with Crippen LogP contribution in [0.15, 0.2) is 136 Å². The highest BCUT2D eigenvalue weighted by Gasteiger charge is 2.54. The van der Waals surface area contributed by atoms with E-state index in [-0.39, 0.29) is 58.2 Å². The molecule has 0 radical (unpaired) electrons. The van der Waals surface area contributed by atoms with Crippen LogP contribution >= 0.6 is 34.4 Å². The van der Waals surface area contributed by atoms with E-state index < -0.39 is 40.8 Å². The number of rotatable bonds is 13. The van der Waals surface area contributed by atoms with Crippen molar-refractivity contribution in [1.82, 2.24) is 15.2 Å². The zero-order chi connectivity index (χ0) is 42.0. The van der Waals surface area contributed by atoms with Gasteiger partial charge in [0, 0.05) is 39.9 Å². The van der Waals surface area contributed by atoms with Crippen molar-refractivity contribution < 1.29 is 38.7 Å². The van der Waals surface area contributed by atoms with Crippen molar-refractivity contribution in [3.05, 3.63) is 159 Å². The number of esters is 1. The number of β-lactam (4-membered cyclic amide) rings is 1. The molecule has 0 bridgehead atoms. The second-order valence-corrected chi connectivity index (χ2v) is 16.5. The first-order valence-electron chi connectivity index (χ1n) is 18.8. The van der Waals surface area contributed by atoms with Crippen molar-refractivity contribution in [2.45, 2.75) is 30.4 Å². The van der Waals surface area contributed by atoms with E-state index in [1.54, 1.807) is 23.8 Å². The van der Waals surface area contributed by atoms with Crippen molar-refractivity contribution in [2.24, 2.45) is 5.16 Å². The molecule has 0 aliphatic carbocycles. The number of hydrogen-bond donors (Lipinski definition) is 3. The first kappa shape index (κ1) is 40.2. The number of hydrogen-bond acceptors (Lipinski definition) is 13.